The molecule has 1 atom stereocenters. The molecule has 0 aliphatic rings. The zero-order valence-electron chi connectivity index (χ0n) is 13.5. The topological polar surface area (TPSA) is 55.1 Å². The van der Waals surface area contributed by atoms with Crippen LogP contribution in [-0.4, -0.2) is 19.0 Å². The summed E-state index contributed by atoms with van der Waals surface area (Å²) >= 11 is 0. The molecule has 3 heteroatoms. The zero-order chi connectivity index (χ0) is 15.5. The second-order valence-corrected chi connectivity index (χ2v) is 5.80. The van der Waals surface area contributed by atoms with Crippen LogP contribution >= 0.6 is 0 Å². The molecule has 0 saturated carbocycles. The molecule has 0 fully saturated rings. The SMILES string of the molecule is CCCC(CCN)CCC(=O)NCCc1ccccc1C. The van der Waals surface area contributed by atoms with Crippen LogP contribution < -0.4 is 11.1 Å². The fraction of sp³-hybridized carbons (Fsp3) is 0.611. The Morgan fingerprint density at radius 1 is 1.24 bits per heavy atom. The first-order chi connectivity index (χ1) is 10.2. The van der Waals surface area contributed by atoms with Gasteiger partial charge in [0.25, 0.3) is 0 Å². The predicted molar refractivity (Wildman–Crippen MR) is 89.2 cm³/mol. The Labute approximate surface area is 129 Å². The van der Waals surface area contributed by atoms with Gasteiger partial charge < -0.3 is 11.1 Å². The van der Waals surface area contributed by atoms with Gasteiger partial charge in [-0.05, 0) is 49.8 Å². The highest BCUT2D eigenvalue weighted by atomic mass is 16.1. The van der Waals surface area contributed by atoms with Crippen molar-refractivity contribution in [1.82, 2.24) is 5.32 Å². The Morgan fingerprint density at radius 3 is 2.67 bits per heavy atom. The van der Waals surface area contributed by atoms with Crippen LogP contribution in [-0.2, 0) is 11.2 Å². The molecule has 0 saturated heterocycles. The van der Waals surface area contributed by atoms with E-state index in [1.807, 2.05) is 12.1 Å². The molecule has 3 nitrogen and oxygen atoms in total. The van der Waals surface area contributed by atoms with Gasteiger partial charge in [-0.15, -0.1) is 0 Å². The minimum Gasteiger partial charge on any atom is -0.356 e. The van der Waals surface area contributed by atoms with Crippen LogP contribution in [0.1, 0.15) is 50.2 Å². The molecule has 0 heterocycles. The highest BCUT2D eigenvalue weighted by Crippen LogP contribution is 2.16. The first-order valence-electron chi connectivity index (χ1n) is 8.18. The van der Waals surface area contributed by atoms with Crippen LogP contribution in [0.5, 0.6) is 0 Å². The van der Waals surface area contributed by atoms with Gasteiger partial charge in [0.05, 0.1) is 0 Å². The van der Waals surface area contributed by atoms with E-state index in [1.54, 1.807) is 0 Å². The Hall–Kier alpha value is -1.35. The monoisotopic (exact) mass is 290 g/mol. The molecule has 1 unspecified atom stereocenters. The summed E-state index contributed by atoms with van der Waals surface area (Å²) < 4.78 is 0. The molecule has 118 valence electrons. The van der Waals surface area contributed by atoms with Gasteiger partial charge in [-0.3, -0.25) is 4.79 Å². The minimum atomic E-state index is 0.168. The number of aryl methyl sites for hydroxylation is 1. The Kier molecular flexibility index (Phi) is 8.76. The first kappa shape index (κ1) is 17.7. The average molecular weight is 290 g/mol. The van der Waals surface area contributed by atoms with Gasteiger partial charge >= 0.3 is 0 Å². The lowest BCUT2D eigenvalue weighted by atomic mass is 9.94. The molecule has 3 N–H and O–H groups in total. The molecule has 0 aromatic heterocycles. The van der Waals surface area contributed by atoms with E-state index >= 15 is 0 Å². The van der Waals surface area contributed by atoms with Crippen molar-refractivity contribution in [2.24, 2.45) is 11.7 Å². The van der Waals surface area contributed by atoms with Crippen LogP contribution in [0.15, 0.2) is 24.3 Å². The van der Waals surface area contributed by atoms with Crippen LogP contribution in [0.3, 0.4) is 0 Å². The van der Waals surface area contributed by atoms with Crippen molar-refractivity contribution in [2.45, 2.75) is 52.4 Å². The molecule has 1 amide bonds. The largest absolute Gasteiger partial charge is 0.356 e. The summed E-state index contributed by atoms with van der Waals surface area (Å²) in [7, 11) is 0. The zero-order valence-corrected chi connectivity index (χ0v) is 13.5. The maximum Gasteiger partial charge on any atom is 0.220 e. The second kappa shape index (κ2) is 10.4. The van der Waals surface area contributed by atoms with E-state index < -0.39 is 0 Å². The number of carbonyl (C=O) groups excluding carboxylic acids is 1. The molecule has 0 spiro atoms. The molecule has 1 aromatic carbocycles. The van der Waals surface area contributed by atoms with Crippen molar-refractivity contribution in [2.75, 3.05) is 13.1 Å². The van der Waals surface area contributed by atoms with Crippen LogP contribution in [0, 0.1) is 12.8 Å². The number of nitrogens with one attached hydrogen (secondary N) is 1. The molecule has 0 radical (unpaired) electrons. The average Bonchev–Trinajstić information content (AvgIpc) is 2.47. The molecule has 1 aromatic rings. The van der Waals surface area contributed by atoms with E-state index in [1.165, 1.54) is 24.0 Å². The molecular formula is C18H30N2O. The second-order valence-electron chi connectivity index (χ2n) is 5.80. The minimum absolute atomic E-state index is 0.168. The fourth-order valence-electron chi connectivity index (χ4n) is 2.73. The van der Waals surface area contributed by atoms with Crippen LogP contribution in [0.25, 0.3) is 0 Å². The smallest absolute Gasteiger partial charge is 0.220 e. The van der Waals surface area contributed by atoms with Gasteiger partial charge in [-0.2, -0.15) is 0 Å². The maximum atomic E-state index is 11.9. The van der Waals surface area contributed by atoms with Gasteiger partial charge in [0.1, 0.15) is 0 Å². The summed E-state index contributed by atoms with van der Waals surface area (Å²) in [6.45, 7) is 5.74. The number of hydrogen-bond donors (Lipinski definition) is 2. The van der Waals surface area contributed by atoms with Crippen molar-refractivity contribution in [1.29, 1.82) is 0 Å². The summed E-state index contributed by atoms with van der Waals surface area (Å²) in [6, 6.07) is 8.33. The molecule has 0 aliphatic heterocycles. The summed E-state index contributed by atoms with van der Waals surface area (Å²) in [5.41, 5.74) is 8.22. The Morgan fingerprint density at radius 2 is 2.00 bits per heavy atom. The highest BCUT2D eigenvalue weighted by Gasteiger charge is 2.10. The van der Waals surface area contributed by atoms with E-state index in [0.29, 0.717) is 12.3 Å². The third-order valence-corrected chi connectivity index (χ3v) is 4.03. The molecule has 21 heavy (non-hydrogen) atoms. The quantitative estimate of drug-likeness (QED) is 0.695. The summed E-state index contributed by atoms with van der Waals surface area (Å²) in [5.74, 6) is 0.767. The maximum absolute atomic E-state index is 11.9. The number of rotatable bonds is 10. The van der Waals surface area contributed by atoms with E-state index in [9.17, 15) is 4.79 Å². The van der Waals surface area contributed by atoms with Crippen molar-refractivity contribution in [3.05, 3.63) is 35.4 Å². The van der Waals surface area contributed by atoms with Crippen molar-refractivity contribution in [3.63, 3.8) is 0 Å². The number of benzene rings is 1. The van der Waals surface area contributed by atoms with Crippen LogP contribution in [0.4, 0.5) is 0 Å². The molecule has 0 bridgehead atoms. The fourth-order valence-corrected chi connectivity index (χ4v) is 2.73. The first-order valence-corrected chi connectivity index (χ1v) is 8.18. The van der Waals surface area contributed by atoms with E-state index in [-0.39, 0.29) is 5.91 Å². The molecule has 0 aliphatic carbocycles. The molecular weight excluding hydrogens is 260 g/mol. The number of amides is 1. The summed E-state index contributed by atoms with van der Waals surface area (Å²) in [5, 5.41) is 3.03. The summed E-state index contributed by atoms with van der Waals surface area (Å²) in [4.78, 5) is 11.9. The molecule has 1 rings (SSSR count). The van der Waals surface area contributed by atoms with E-state index in [4.69, 9.17) is 5.73 Å². The number of hydrogen-bond acceptors (Lipinski definition) is 2. The van der Waals surface area contributed by atoms with Gasteiger partial charge in [-0.25, -0.2) is 0 Å². The van der Waals surface area contributed by atoms with Gasteiger partial charge in [0.15, 0.2) is 0 Å². The predicted octanol–water partition coefficient (Wildman–Crippen LogP) is 3.20. The van der Waals surface area contributed by atoms with Gasteiger partial charge in [0, 0.05) is 13.0 Å². The third kappa shape index (κ3) is 7.28. The highest BCUT2D eigenvalue weighted by molar-refractivity contribution is 5.75. The standard InChI is InChI=1S/C18H30N2O/c1-3-6-16(11-13-19)9-10-18(21)20-14-12-17-8-5-4-7-15(17)2/h4-5,7-8,16H,3,6,9-14,19H2,1-2H3,(H,20,21). The van der Waals surface area contributed by atoms with Gasteiger partial charge in [0.2, 0.25) is 5.91 Å². The number of nitrogens with two attached hydrogens (primary N) is 1. The Bertz CT molecular complexity index is 411. The lowest BCUT2D eigenvalue weighted by Crippen LogP contribution is -2.26. The number of carbonyl (C=O) groups is 1. The third-order valence-electron chi connectivity index (χ3n) is 4.03. The van der Waals surface area contributed by atoms with Crippen molar-refractivity contribution < 1.29 is 4.79 Å². The normalized spacial score (nSPS) is 12.1. The summed E-state index contributed by atoms with van der Waals surface area (Å²) in [6.07, 6.45) is 5.86. The van der Waals surface area contributed by atoms with Crippen molar-refractivity contribution in [3.8, 4) is 0 Å². The van der Waals surface area contributed by atoms with Crippen LogP contribution in [0.2, 0.25) is 0 Å². The van der Waals surface area contributed by atoms with E-state index in [2.05, 4.69) is 31.3 Å². The van der Waals surface area contributed by atoms with E-state index in [0.717, 1.165) is 32.4 Å². The van der Waals surface area contributed by atoms with Crippen molar-refractivity contribution >= 4 is 5.91 Å². The Balaban J connectivity index is 2.23. The van der Waals surface area contributed by atoms with Gasteiger partial charge in [-0.1, -0.05) is 44.0 Å². The lowest BCUT2D eigenvalue weighted by molar-refractivity contribution is -0.121. The lowest BCUT2D eigenvalue weighted by Gasteiger charge is -2.14.